The summed E-state index contributed by atoms with van der Waals surface area (Å²) in [4.78, 5) is 31.7. The second kappa shape index (κ2) is 5.95. The molecule has 3 heterocycles. The van der Waals surface area contributed by atoms with Gasteiger partial charge in [0.15, 0.2) is 0 Å². The van der Waals surface area contributed by atoms with Gasteiger partial charge >= 0.3 is 0 Å². The Balaban J connectivity index is 1.71. The van der Waals surface area contributed by atoms with Gasteiger partial charge in [-0.15, -0.1) is 11.3 Å². The molecule has 0 spiro atoms. The zero-order chi connectivity index (χ0) is 17.4. The molecule has 0 radical (unpaired) electrons. The molecule has 1 aromatic carbocycles. The number of furan rings is 1. The number of thiazole rings is 1. The smallest absolute Gasteiger partial charge is 0.270 e. The van der Waals surface area contributed by atoms with Gasteiger partial charge in [-0.3, -0.25) is 19.5 Å². The molecule has 0 bridgehead atoms. The summed E-state index contributed by atoms with van der Waals surface area (Å²) in [5.41, 5.74) is 1.52. The van der Waals surface area contributed by atoms with Crippen molar-refractivity contribution in [1.82, 2.24) is 14.5 Å². The molecular formula is C16H10N4O4S. The lowest BCUT2D eigenvalue weighted by Gasteiger charge is -2.04. The zero-order valence-electron chi connectivity index (χ0n) is 12.7. The second-order valence-corrected chi connectivity index (χ2v) is 6.15. The quantitative estimate of drug-likeness (QED) is 0.412. The summed E-state index contributed by atoms with van der Waals surface area (Å²) < 4.78 is 6.43. The lowest BCUT2D eigenvalue weighted by atomic mass is 10.2. The van der Waals surface area contributed by atoms with E-state index in [4.69, 9.17) is 4.42 Å². The lowest BCUT2D eigenvalue weighted by molar-refractivity contribution is -0.384. The lowest BCUT2D eigenvalue weighted by Crippen LogP contribution is -2.21. The van der Waals surface area contributed by atoms with Crippen LogP contribution >= 0.6 is 11.3 Å². The first-order valence-electron chi connectivity index (χ1n) is 7.22. The number of nitro benzene ring substituents is 1. The third-order valence-corrected chi connectivity index (χ3v) is 4.61. The minimum atomic E-state index is -0.534. The molecule has 8 nitrogen and oxygen atoms in total. The summed E-state index contributed by atoms with van der Waals surface area (Å²) in [5.74, 6) is 0. The molecule has 0 fully saturated rings. The van der Waals surface area contributed by atoms with E-state index >= 15 is 0 Å². The molecule has 0 aliphatic heterocycles. The summed E-state index contributed by atoms with van der Waals surface area (Å²) in [7, 11) is 0. The highest BCUT2D eigenvalue weighted by Gasteiger charge is 2.12. The summed E-state index contributed by atoms with van der Waals surface area (Å²) >= 11 is 1.45. The number of non-ortho nitro benzene ring substituents is 1. The number of hydrogen-bond acceptors (Lipinski definition) is 7. The van der Waals surface area contributed by atoms with Crippen molar-refractivity contribution in [1.29, 1.82) is 0 Å². The number of aromatic nitrogens is 3. The van der Waals surface area contributed by atoms with E-state index in [2.05, 4.69) is 9.97 Å². The molecule has 4 aromatic rings. The molecule has 0 unspecified atom stereocenters. The molecule has 124 valence electrons. The van der Waals surface area contributed by atoms with Gasteiger partial charge in [0.2, 0.25) is 0 Å². The molecule has 9 heteroatoms. The van der Waals surface area contributed by atoms with E-state index in [1.807, 2.05) is 11.4 Å². The van der Waals surface area contributed by atoms with Gasteiger partial charge < -0.3 is 4.42 Å². The largest absolute Gasteiger partial charge is 0.472 e. The molecular weight excluding hydrogens is 344 g/mol. The summed E-state index contributed by atoms with van der Waals surface area (Å²) in [6, 6.07) is 5.86. The standard InChI is InChI=1S/C16H10N4O4S/c21-16-13-5-12(20(22)23)1-2-14(13)17-9-19(16)6-11-8-25-15(18-11)10-3-4-24-7-10/h1-5,7-9H,6H2. The number of rotatable bonds is 4. The molecule has 0 amide bonds. The van der Waals surface area contributed by atoms with Crippen molar-refractivity contribution in [2.24, 2.45) is 0 Å². The average molecular weight is 354 g/mol. The molecule has 3 aromatic heterocycles. The summed E-state index contributed by atoms with van der Waals surface area (Å²) in [6.07, 6.45) is 4.60. The highest BCUT2D eigenvalue weighted by Crippen LogP contribution is 2.24. The number of benzene rings is 1. The van der Waals surface area contributed by atoms with Crippen LogP contribution < -0.4 is 5.56 Å². The number of fused-ring (bicyclic) bond motifs is 1. The van der Waals surface area contributed by atoms with Crippen LogP contribution in [-0.2, 0) is 6.54 Å². The topological polar surface area (TPSA) is 104 Å². The van der Waals surface area contributed by atoms with Crippen LogP contribution in [0.3, 0.4) is 0 Å². The van der Waals surface area contributed by atoms with Gasteiger partial charge in [0.05, 0.1) is 40.7 Å². The van der Waals surface area contributed by atoms with Gasteiger partial charge in [-0.1, -0.05) is 0 Å². The Morgan fingerprint density at radius 2 is 2.20 bits per heavy atom. The Labute approximate surface area is 144 Å². The molecule has 0 aliphatic carbocycles. The van der Waals surface area contributed by atoms with E-state index in [1.165, 1.54) is 40.4 Å². The van der Waals surface area contributed by atoms with Crippen molar-refractivity contribution in [3.63, 3.8) is 0 Å². The minimum Gasteiger partial charge on any atom is -0.472 e. The van der Waals surface area contributed by atoms with Crippen molar-refractivity contribution in [2.45, 2.75) is 6.54 Å². The van der Waals surface area contributed by atoms with E-state index in [9.17, 15) is 14.9 Å². The first-order valence-corrected chi connectivity index (χ1v) is 8.10. The molecule has 0 aliphatic rings. The summed E-state index contributed by atoms with van der Waals surface area (Å²) in [6.45, 7) is 0.235. The van der Waals surface area contributed by atoms with Gasteiger partial charge in [0.1, 0.15) is 11.3 Å². The van der Waals surface area contributed by atoms with Crippen LogP contribution in [-0.4, -0.2) is 19.5 Å². The van der Waals surface area contributed by atoms with Crippen LogP contribution in [0.15, 0.2) is 57.7 Å². The van der Waals surface area contributed by atoms with Crippen LogP contribution in [0.4, 0.5) is 5.69 Å². The maximum atomic E-state index is 12.6. The highest BCUT2D eigenvalue weighted by molar-refractivity contribution is 7.13. The first kappa shape index (κ1) is 15.2. The van der Waals surface area contributed by atoms with Gasteiger partial charge in [0, 0.05) is 23.1 Å². The number of nitro groups is 1. The average Bonchev–Trinajstić information content (AvgIpc) is 3.28. The molecule has 4 rings (SSSR count). The zero-order valence-corrected chi connectivity index (χ0v) is 13.5. The molecule has 0 N–H and O–H groups in total. The SMILES string of the molecule is O=c1c2cc([N+](=O)[O-])ccc2ncn1Cc1csc(-c2ccoc2)n1. The Morgan fingerprint density at radius 3 is 2.96 bits per heavy atom. The Bertz CT molecular complexity index is 1130. The van der Waals surface area contributed by atoms with E-state index in [1.54, 1.807) is 12.5 Å². The van der Waals surface area contributed by atoms with E-state index in [0.29, 0.717) is 11.2 Å². The van der Waals surface area contributed by atoms with Gasteiger partial charge in [-0.05, 0) is 12.1 Å². The Hall–Kier alpha value is -3.33. The Morgan fingerprint density at radius 1 is 1.32 bits per heavy atom. The van der Waals surface area contributed by atoms with Gasteiger partial charge in [-0.2, -0.15) is 0 Å². The van der Waals surface area contributed by atoms with Gasteiger partial charge in [0.25, 0.3) is 11.2 Å². The monoisotopic (exact) mass is 354 g/mol. The van der Waals surface area contributed by atoms with Crippen LogP contribution in [0, 0.1) is 10.1 Å². The minimum absolute atomic E-state index is 0.139. The normalized spacial score (nSPS) is 11.0. The van der Waals surface area contributed by atoms with Crippen LogP contribution in [0.1, 0.15) is 5.69 Å². The fourth-order valence-corrected chi connectivity index (χ4v) is 3.24. The molecule has 0 atom stereocenters. The number of hydrogen-bond donors (Lipinski definition) is 0. The van der Waals surface area contributed by atoms with Crippen molar-refractivity contribution >= 4 is 27.9 Å². The second-order valence-electron chi connectivity index (χ2n) is 5.29. The van der Waals surface area contributed by atoms with Crippen molar-refractivity contribution in [3.8, 4) is 10.6 Å². The van der Waals surface area contributed by atoms with Crippen LogP contribution in [0.2, 0.25) is 0 Å². The van der Waals surface area contributed by atoms with Crippen molar-refractivity contribution < 1.29 is 9.34 Å². The highest BCUT2D eigenvalue weighted by atomic mass is 32.1. The van der Waals surface area contributed by atoms with Crippen molar-refractivity contribution in [3.05, 3.63) is 74.7 Å². The van der Waals surface area contributed by atoms with E-state index in [-0.39, 0.29) is 23.2 Å². The maximum absolute atomic E-state index is 12.6. The summed E-state index contributed by atoms with van der Waals surface area (Å²) in [5, 5.41) is 13.8. The predicted molar refractivity (Wildman–Crippen MR) is 91.6 cm³/mol. The molecule has 0 saturated heterocycles. The van der Waals surface area contributed by atoms with Crippen LogP contribution in [0.25, 0.3) is 21.5 Å². The van der Waals surface area contributed by atoms with Crippen molar-refractivity contribution in [2.75, 3.05) is 0 Å². The van der Waals surface area contributed by atoms with Crippen LogP contribution in [0.5, 0.6) is 0 Å². The van der Waals surface area contributed by atoms with E-state index < -0.39 is 4.92 Å². The number of nitrogens with zero attached hydrogens (tertiary/aromatic N) is 4. The van der Waals surface area contributed by atoms with E-state index in [0.717, 1.165) is 10.6 Å². The first-order chi connectivity index (χ1) is 12.1. The third-order valence-electron chi connectivity index (χ3n) is 3.67. The third kappa shape index (κ3) is 2.81. The van der Waals surface area contributed by atoms with Gasteiger partial charge in [-0.25, -0.2) is 9.97 Å². The fraction of sp³-hybridized carbons (Fsp3) is 0.0625. The fourth-order valence-electron chi connectivity index (χ4n) is 2.45. The maximum Gasteiger partial charge on any atom is 0.270 e. The molecule has 25 heavy (non-hydrogen) atoms. The predicted octanol–water partition coefficient (Wildman–Crippen LogP) is 3.07. The molecule has 0 saturated carbocycles. The Kier molecular flexibility index (Phi) is 3.62.